The summed E-state index contributed by atoms with van der Waals surface area (Å²) < 4.78 is 5.39. The predicted molar refractivity (Wildman–Crippen MR) is 103 cm³/mol. The van der Waals surface area contributed by atoms with Crippen LogP contribution in [0.25, 0.3) is 5.70 Å². The third-order valence-corrected chi connectivity index (χ3v) is 5.43. The van der Waals surface area contributed by atoms with E-state index in [0.717, 1.165) is 17.0 Å². The van der Waals surface area contributed by atoms with Gasteiger partial charge in [-0.3, -0.25) is 4.79 Å². The summed E-state index contributed by atoms with van der Waals surface area (Å²) in [7, 11) is 0. The maximum Gasteiger partial charge on any atom is 0.264 e. The van der Waals surface area contributed by atoms with Crippen LogP contribution in [0.1, 0.15) is 24.0 Å². The van der Waals surface area contributed by atoms with E-state index in [1.54, 1.807) is 0 Å². The molecule has 3 heterocycles. The van der Waals surface area contributed by atoms with Crippen molar-refractivity contribution in [1.82, 2.24) is 15.5 Å². The second kappa shape index (κ2) is 7.21. The lowest BCUT2D eigenvalue weighted by Gasteiger charge is -2.38. The fourth-order valence-electron chi connectivity index (χ4n) is 3.73. The van der Waals surface area contributed by atoms with Crippen LogP contribution in [0, 0.1) is 6.92 Å². The normalized spacial score (nSPS) is 23.2. The van der Waals surface area contributed by atoms with Crippen LogP contribution < -0.4 is 10.6 Å². The highest BCUT2D eigenvalue weighted by Crippen LogP contribution is 2.31. The summed E-state index contributed by atoms with van der Waals surface area (Å²) in [5, 5.41) is 16.3. The summed E-state index contributed by atoms with van der Waals surface area (Å²) in [6.07, 6.45) is 8.47. The summed E-state index contributed by atoms with van der Waals surface area (Å²) >= 11 is 0. The van der Waals surface area contributed by atoms with Gasteiger partial charge in [0.2, 0.25) is 0 Å². The van der Waals surface area contributed by atoms with Gasteiger partial charge in [-0.25, -0.2) is 0 Å². The zero-order valence-electron chi connectivity index (χ0n) is 15.4. The van der Waals surface area contributed by atoms with Gasteiger partial charge < -0.3 is 25.4 Å². The van der Waals surface area contributed by atoms with Crippen molar-refractivity contribution in [2.24, 2.45) is 0 Å². The van der Waals surface area contributed by atoms with Crippen molar-refractivity contribution >= 4 is 11.6 Å². The van der Waals surface area contributed by atoms with Crippen molar-refractivity contribution in [3.05, 3.63) is 65.5 Å². The number of fused-ring (bicyclic) bond motifs is 1. The van der Waals surface area contributed by atoms with E-state index in [-0.39, 0.29) is 12.5 Å². The highest BCUT2D eigenvalue weighted by Gasteiger charge is 2.40. The van der Waals surface area contributed by atoms with Gasteiger partial charge in [-0.05, 0) is 37.5 Å². The Balaban J connectivity index is 1.58. The molecular weight excluding hydrogens is 342 g/mol. The first-order valence-electron chi connectivity index (χ1n) is 9.34. The zero-order valence-corrected chi connectivity index (χ0v) is 15.4. The molecule has 6 nitrogen and oxygen atoms in total. The minimum atomic E-state index is -0.612. The number of aliphatic hydroxyl groups is 1. The monoisotopic (exact) mass is 367 g/mol. The molecule has 142 valence electrons. The molecule has 1 amide bonds. The average molecular weight is 367 g/mol. The van der Waals surface area contributed by atoms with Crippen LogP contribution in [0.3, 0.4) is 0 Å². The lowest BCUT2D eigenvalue weighted by molar-refractivity contribution is -0.129. The first-order chi connectivity index (χ1) is 13.1. The third-order valence-electron chi connectivity index (χ3n) is 5.43. The Kier molecular flexibility index (Phi) is 4.76. The molecule has 1 atom stereocenters. The van der Waals surface area contributed by atoms with Gasteiger partial charge in [-0.1, -0.05) is 35.9 Å². The van der Waals surface area contributed by atoms with Crippen molar-refractivity contribution in [2.45, 2.75) is 31.5 Å². The molecule has 0 spiro atoms. The number of carbonyl (C=O) groups is 1. The van der Waals surface area contributed by atoms with Gasteiger partial charge in [0.05, 0.1) is 23.5 Å². The third kappa shape index (κ3) is 3.38. The summed E-state index contributed by atoms with van der Waals surface area (Å²) in [6.45, 7) is 3.06. The van der Waals surface area contributed by atoms with E-state index in [1.807, 2.05) is 29.3 Å². The number of rotatable bonds is 4. The summed E-state index contributed by atoms with van der Waals surface area (Å²) in [6, 6.07) is 8.24. The number of hydrogen-bond acceptors (Lipinski definition) is 5. The molecule has 1 aromatic carbocycles. The molecule has 3 aliphatic rings. The highest BCUT2D eigenvalue weighted by molar-refractivity contribution is 5.88. The number of nitrogens with one attached hydrogen (secondary N) is 2. The number of carbonyl (C=O) groups excluding carboxylic acids is 1. The van der Waals surface area contributed by atoms with Crippen LogP contribution in [0.2, 0.25) is 0 Å². The van der Waals surface area contributed by atoms with Crippen LogP contribution in [-0.4, -0.2) is 47.4 Å². The number of allylic oxidation sites excluding steroid dienone is 3. The van der Waals surface area contributed by atoms with Crippen molar-refractivity contribution in [2.75, 3.05) is 19.8 Å². The lowest BCUT2D eigenvalue weighted by Crippen LogP contribution is -2.60. The first kappa shape index (κ1) is 17.8. The molecule has 3 N–H and O–H groups in total. The van der Waals surface area contributed by atoms with Gasteiger partial charge in [0, 0.05) is 19.4 Å². The Hall–Kier alpha value is -2.57. The van der Waals surface area contributed by atoms with E-state index in [2.05, 4.69) is 41.8 Å². The molecule has 1 aromatic rings. The van der Waals surface area contributed by atoms with Crippen LogP contribution in [-0.2, 0) is 9.53 Å². The Morgan fingerprint density at radius 3 is 2.74 bits per heavy atom. The number of nitrogens with zero attached hydrogens (tertiary/aromatic N) is 1. The Morgan fingerprint density at radius 2 is 2.04 bits per heavy atom. The summed E-state index contributed by atoms with van der Waals surface area (Å²) in [5.41, 5.74) is 3.52. The van der Waals surface area contributed by atoms with E-state index in [9.17, 15) is 9.90 Å². The maximum absolute atomic E-state index is 13.1. The summed E-state index contributed by atoms with van der Waals surface area (Å²) in [4.78, 5) is 15.1. The van der Waals surface area contributed by atoms with Crippen molar-refractivity contribution in [3.63, 3.8) is 0 Å². The highest BCUT2D eigenvalue weighted by atomic mass is 16.5. The molecule has 6 heteroatoms. The van der Waals surface area contributed by atoms with Crippen LogP contribution in [0.4, 0.5) is 0 Å². The Bertz CT molecular complexity index is 804. The molecule has 0 aromatic heterocycles. The van der Waals surface area contributed by atoms with Gasteiger partial charge in [0.25, 0.3) is 5.91 Å². The molecule has 27 heavy (non-hydrogen) atoms. The smallest absolute Gasteiger partial charge is 0.264 e. The van der Waals surface area contributed by atoms with Crippen molar-refractivity contribution in [1.29, 1.82) is 0 Å². The van der Waals surface area contributed by atoms with Gasteiger partial charge in [-0.2, -0.15) is 0 Å². The molecule has 0 saturated carbocycles. The SMILES string of the molecule is Cc1ccc(C2=C3C=CC=CN3C(C(=O)NC3(CO)CCOCC3)N2)cc1. The van der Waals surface area contributed by atoms with Gasteiger partial charge >= 0.3 is 0 Å². The molecule has 3 aliphatic heterocycles. The standard InChI is InChI=1S/C21H25N3O3/c1-15-5-7-16(8-6-15)18-17-4-2-3-11-24(17)19(22-18)20(26)23-21(14-25)9-12-27-13-10-21/h2-8,11,19,22,25H,9-10,12-14H2,1H3,(H,23,26). The minimum Gasteiger partial charge on any atom is -0.394 e. The second-order valence-electron chi connectivity index (χ2n) is 7.32. The van der Waals surface area contributed by atoms with Crippen molar-refractivity contribution < 1.29 is 14.6 Å². The molecule has 0 aliphatic carbocycles. The van der Waals surface area contributed by atoms with Gasteiger partial charge in [-0.15, -0.1) is 0 Å². The average Bonchev–Trinajstić information content (AvgIpc) is 3.09. The Labute approximate surface area is 159 Å². The van der Waals surface area contributed by atoms with Gasteiger partial charge in [0.1, 0.15) is 0 Å². The van der Waals surface area contributed by atoms with E-state index in [0.29, 0.717) is 26.1 Å². The predicted octanol–water partition coefficient (Wildman–Crippen LogP) is 1.64. The van der Waals surface area contributed by atoms with Crippen molar-refractivity contribution in [3.8, 4) is 0 Å². The quantitative estimate of drug-likeness (QED) is 0.754. The van der Waals surface area contributed by atoms with Gasteiger partial charge in [0.15, 0.2) is 6.17 Å². The molecular formula is C21H25N3O3. The topological polar surface area (TPSA) is 73.8 Å². The fourth-order valence-corrected chi connectivity index (χ4v) is 3.73. The van der Waals surface area contributed by atoms with Crippen LogP contribution in [0.15, 0.2) is 54.4 Å². The number of amides is 1. The largest absolute Gasteiger partial charge is 0.394 e. The first-order valence-corrected chi connectivity index (χ1v) is 9.34. The van der Waals surface area contributed by atoms with E-state index >= 15 is 0 Å². The molecule has 1 unspecified atom stereocenters. The van der Waals surface area contributed by atoms with E-state index in [1.165, 1.54) is 5.56 Å². The lowest BCUT2D eigenvalue weighted by atomic mass is 9.91. The number of aryl methyl sites for hydroxylation is 1. The number of benzene rings is 1. The fraction of sp³-hybridized carbons (Fsp3) is 0.381. The van der Waals surface area contributed by atoms with Crippen LogP contribution >= 0.6 is 0 Å². The summed E-state index contributed by atoms with van der Waals surface area (Å²) in [5.74, 6) is -0.148. The molecule has 0 radical (unpaired) electrons. The second-order valence-corrected chi connectivity index (χ2v) is 7.32. The molecule has 0 bridgehead atoms. The Morgan fingerprint density at radius 1 is 1.30 bits per heavy atom. The molecule has 4 rings (SSSR count). The maximum atomic E-state index is 13.1. The number of ether oxygens (including phenoxy) is 1. The zero-order chi connectivity index (χ0) is 18.9. The number of aliphatic hydroxyl groups excluding tert-OH is 1. The molecule has 1 fully saturated rings. The minimum absolute atomic E-state index is 0.0876. The van der Waals surface area contributed by atoms with E-state index in [4.69, 9.17) is 4.74 Å². The number of hydrogen-bond donors (Lipinski definition) is 3. The molecule has 1 saturated heterocycles. The van der Waals surface area contributed by atoms with E-state index < -0.39 is 11.7 Å². The van der Waals surface area contributed by atoms with Crippen LogP contribution in [0.5, 0.6) is 0 Å².